The van der Waals surface area contributed by atoms with Crippen molar-refractivity contribution in [2.75, 3.05) is 19.1 Å². The Morgan fingerprint density at radius 3 is 2.63 bits per heavy atom. The molecule has 5 nitrogen and oxygen atoms in total. The van der Waals surface area contributed by atoms with Crippen molar-refractivity contribution in [1.82, 2.24) is 4.98 Å². The summed E-state index contributed by atoms with van der Waals surface area (Å²) in [4.78, 5) is 16.5. The highest BCUT2D eigenvalue weighted by atomic mass is 16.5. The summed E-state index contributed by atoms with van der Waals surface area (Å²) in [6.07, 6.45) is 1.53. The van der Waals surface area contributed by atoms with Gasteiger partial charge in [0, 0.05) is 18.8 Å². The third-order valence-corrected chi connectivity index (χ3v) is 2.79. The third kappa shape index (κ3) is 2.82. The lowest BCUT2D eigenvalue weighted by Crippen LogP contribution is -2.10. The first-order chi connectivity index (χ1) is 9.11. The molecule has 19 heavy (non-hydrogen) atoms. The average Bonchev–Trinajstić information content (AvgIpc) is 2.46. The predicted octanol–water partition coefficient (Wildman–Crippen LogP) is 2.56. The second kappa shape index (κ2) is 5.39. The quantitative estimate of drug-likeness (QED) is 0.913. The van der Waals surface area contributed by atoms with E-state index < -0.39 is 5.97 Å². The van der Waals surface area contributed by atoms with Gasteiger partial charge < -0.3 is 14.7 Å². The minimum absolute atomic E-state index is 0.0304. The Balaban J connectivity index is 2.27. The number of anilines is 2. The molecule has 0 bridgehead atoms. The lowest BCUT2D eigenvalue weighted by molar-refractivity contribution is 0.0690. The number of pyridine rings is 1. The van der Waals surface area contributed by atoms with Crippen LogP contribution in [0.25, 0.3) is 0 Å². The largest absolute Gasteiger partial charge is 0.497 e. The summed E-state index contributed by atoms with van der Waals surface area (Å²) in [7, 11) is 3.49. The Bertz CT molecular complexity index is 581. The normalized spacial score (nSPS) is 10.0. The molecule has 0 saturated carbocycles. The number of rotatable bonds is 4. The number of methoxy groups -OCH3 is 1. The molecule has 0 spiro atoms. The van der Waals surface area contributed by atoms with Crippen molar-refractivity contribution in [3.63, 3.8) is 0 Å². The van der Waals surface area contributed by atoms with E-state index in [0.29, 0.717) is 0 Å². The van der Waals surface area contributed by atoms with E-state index in [1.54, 1.807) is 13.2 Å². The number of hydrogen-bond donors (Lipinski definition) is 1. The van der Waals surface area contributed by atoms with Gasteiger partial charge >= 0.3 is 5.97 Å². The number of aromatic nitrogens is 1. The maximum atomic E-state index is 10.7. The molecule has 0 aliphatic rings. The van der Waals surface area contributed by atoms with Gasteiger partial charge in [0.15, 0.2) is 0 Å². The molecule has 98 valence electrons. The molecule has 2 aromatic rings. The number of carboxylic acids is 1. The van der Waals surface area contributed by atoms with Gasteiger partial charge in [-0.25, -0.2) is 9.78 Å². The highest BCUT2D eigenvalue weighted by Crippen LogP contribution is 2.26. The SMILES string of the molecule is COc1cccc(N(C)c2ccc(C(=O)O)nc2)c1. The van der Waals surface area contributed by atoms with Crippen LogP contribution in [0.4, 0.5) is 11.4 Å². The van der Waals surface area contributed by atoms with Gasteiger partial charge in [-0.05, 0) is 24.3 Å². The van der Waals surface area contributed by atoms with Crippen molar-refractivity contribution in [1.29, 1.82) is 0 Å². The summed E-state index contributed by atoms with van der Waals surface area (Å²) in [5.74, 6) is -0.268. The molecule has 1 N–H and O–H groups in total. The van der Waals surface area contributed by atoms with E-state index in [-0.39, 0.29) is 5.69 Å². The van der Waals surface area contributed by atoms with E-state index in [1.807, 2.05) is 36.2 Å². The average molecular weight is 258 g/mol. The zero-order valence-corrected chi connectivity index (χ0v) is 10.7. The number of carboxylic acid groups (broad SMARTS) is 1. The van der Waals surface area contributed by atoms with Crippen LogP contribution >= 0.6 is 0 Å². The first-order valence-corrected chi connectivity index (χ1v) is 5.69. The molecule has 1 aromatic heterocycles. The van der Waals surface area contributed by atoms with Crippen molar-refractivity contribution in [2.45, 2.75) is 0 Å². The molecule has 0 aliphatic heterocycles. The summed E-state index contributed by atoms with van der Waals surface area (Å²) in [5.41, 5.74) is 1.77. The third-order valence-electron chi connectivity index (χ3n) is 2.79. The molecule has 2 rings (SSSR count). The van der Waals surface area contributed by atoms with Gasteiger partial charge in [0.05, 0.1) is 19.0 Å². The number of carbonyl (C=O) groups is 1. The molecule has 0 atom stereocenters. The topological polar surface area (TPSA) is 62.7 Å². The highest BCUT2D eigenvalue weighted by Gasteiger charge is 2.08. The Morgan fingerprint density at radius 2 is 2.05 bits per heavy atom. The highest BCUT2D eigenvalue weighted by molar-refractivity contribution is 5.85. The number of ether oxygens (including phenoxy) is 1. The van der Waals surface area contributed by atoms with Crippen molar-refractivity contribution >= 4 is 17.3 Å². The second-order valence-electron chi connectivity index (χ2n) is 3.97. The Labute approximate surface area is 111 Å². The minimum Gasteiger partial charge on any atom is -0.497 e. The maximum absolute atomic E-state index is 10.7. The Kier molecular flexibility index (Phi) is 3.66. The molecular weight excluding hydrogens is 244 g/mol. The number of aromatic carboxylic acids is 1. The van der Waals surface area contributed by atoms with Gasteiger partial charge in [0.25, 0.3) is 0 Å². The van der Waals surface area contributed by atoms with Crippen LogP contribution in [0.2, 0.25) is 0 Å². The van der Waals surface area contributed by atoms with Gasteiger partial charge in [-0.2, -0.15) is 0 Å². The van der Waals surface area contributed by atoms with E-state index >= 15 is 0 Å². The van der Waals surface area contributed by atoms with Crippen LogP contribution in [-0.2, 0) is 0 Å². The summed E-state index contributed by atoms with van der Waals surface area (Å²) in [6, 6.07) is 10.8. The fourth-order valence-electron chi connectivity index (χ4n) is 1.68. The summed E-state index contributed by atoms with van der Waals surface area (Å²) < 4.78 is 5.17. The van der Waals surface area contributed by atoms with Crippen molar-refractivity contribution in [3.05, 3.63) is 48.3 Å². The van der Waals surface area contributed by atoms with Crippen LogP contribution in [0.3, 0.4) is 0 Å². The monoisotopic (exact) mass is 258 g/mol. The van der Waals surface area contributed by atoms with E-state index in [0.717, 1.165) is 17.1 Å². The van der Waals surface area contributed by atoms with E-state index in [2.05, 4.69) is 4.98 Å². The molecule has 0 radical (unpaired) electrons. The van der Waals surface area contributed by atoms with Gasteiger partial charge in [-0.3, -0.25) is 0 Å². The fourth-order valence-corrected chi connectivity index (χ4v) is 1.68. The molecule has 0 aliphatic carbocycles. The first kappa shape index (κ1) is 12.9. The van der Waals surface area contributed by atoms with Crippen LogP contribution < -0.4 is 9.64 Å². The second-order valence-corrected chi connectivity index (χ2v) is 3.97. The summed E-state index contributed by atoms with van der Waals surface area (Å²) >= 11 is 0. The Morgan fingerprint density at radius 1 is 1.26 bits per heavy atom. The van der Waals surface area contributed by atoms with Crippen LogP contribution in [0.1, 0.15) is 10.5 Å². The van der Waals surface area contributed by atoms with E-state index in [4.69, 9.17) is 9.84 Å². The first-order valence-electron chi connectivity index (χ1n) is 5.69. The lowest BCUT2D eigenvalue weighted by Gasteiger charge is -2.19. The molecule has 1 heterocycles. The van der Waals surface area contributed by atoms with Crippen molar-refractivity contribution in [2.24, 2.45) is 0 Å². The van der Waals surface area contributed by atoms with Crippen LogP contribution in [0, 0.1) is 0 Å². The molecule has 1 aromatic carbocycles. The molecule has 5 heteroatoms. The minimum atomic E-state index is -1.03. The summed E-state index contributed by atoms with van der Waals surface area (Å²) in [6.45, 7) is 0. The standard InChI is InChI=1S/C14H14N2O3/c1-16(10-4-3-5-12(8-10)19-2)11-6-7-13(14(17)18)15-9-11/h3-9H,1-2H3,(H,17,18). The molecular formula is C14H14N2O3. The zero-order chi connectivity index (χ0) is 13.8. The summed E-state index contributed by atoms with van der Waals surface area (Å²) in [5, 5.41) is 8.81. The van der Waals surface area contributed by atoms with Crippen molar-refractivity contribution < 1.29 is 14.6 Å². The molecule has 0 saturated heterocycles. The fraction of sp³-hybridized carbons (Fsp3) is 0.143. The molecule has 0 fully saturated rings. The molecule has 0 amide bonds. The van der Waals surface area contributed by atoms with Gasteiger partial charge in [-0.1, -0.05) is 6.07 Å². The number of hydrogen-bond acceptors (Lipinski definition) is 4. The zero-order valence-electron chi connectivity index (χ0n) is 10.7. The number of nitrogens with zero attached hydrogens (tertiary/aromatic N) is 2. The van der Waals surface area contributed by atoms with E-state index in [9.17, 15) is 4.79 Å². The number of benzene rings is 1. The Hall–Kier alpha value is -2.56. The smallest absolute Gasteiger partial charge is 0.354 e. The maximum Gasteiger partial charge on any atom is 0.354 e. The van der Waals surface area contributed by atoms with Crippen LogP contribution in [0.15, 0.2) is 42.6 Å². The van der Waals surface area contributed by atoms with Gasteiger partial charge in [0.1, 0.15) is 11.4 Å². The molecule has 0 unspecified atom stereocenters. The lowest BCUT2D eigenvalue weighted by atomic mass is 10.2. The van der Waals surface area contributed by atoms with Gasteiger partial charge in [0.2, 0.25) is 0 Å². The predicted molar refractivity (Wildman–Crippen MR) is 72.3 cm³/mol. The van der Waals surface area contributed by atoms with E-state index in [1.165, 1.54) is 12.3 Å². The van der Waals surface area contributed by atoms with Crippen molar-refractivity contribution in [3.8, 4) is 5.75 Å². The van der Waals surface area contributed by atoms with Crippen LogP contribution in [0.5, 0.6) is 5.75 Å². The van der Waals surface area contributed by atoms with Gasteiger partial charge in [-0.15, -0.1) is 0 Å². The van der Waals surface area contributed by atoms with Crippen LogP contribution in [-0.4, -0.2) is 30.2 Å².